The maximum absolute atomic E-state index is 12.2. The van der Waals surface area contributed by atoms with Gasteiger partial charge >= 0.3 is 0 Å². The molecule has 1 amide bonds. The molecule has 6 nitrogen and oxygen atoms in total. The molecule has 0 atom stereocenters. The summed E-state index contributed by atoms with van der Waals surface area (Å²) < 4.78 is 7.89. The lowest BCUT2D eigenvalue weighted by Gasteiger charge is -2.11. The smallest absolute Gasteiger partial charge is 0.275 e. The summed E-state index contributed by atoms with van der Waals surface area (Å²) in [6.45, 7) is 2.03. The van der Waals surface area contributed by atoms with Gasteiger partial charge in [-0.2, -0.15) is 0 Å². The van der Waals surface area contributed by atoms with Gasteiger partial charge in [-0.3, -0.25) is 9.78 Å². The van der Waals surface area contributed by atoms with Crippen LogP contribution in [-0.4, -0.2) is 27.6 Å². The molecule has 0 aliphatic heterocycles. The van der Waals surface area contributed by atoms with E-state index in [1.807, 2.05) is 37.4 Å². The van der Waals surface area contributed by atoms with Crippen LogP contribution in [0.5, 0.6) is 5.75 Å². The molecule has 3 heterocycles. The van der Waals surface area contributed by atoms with Crippen molar-refractivity contribution < 1.29 is 9.53 Å². The van der Waals surface area contributed by atoms with Gasteiger partial charge in [-0.15, -0.1) is 11.3 Å². The van der Waals surface area contributed by atoms with E-state index in [0.717, 1.165) is 39.0 Å². The molecule has 1 N–H and O–H groups in total. The van der Waals surface area contributed by atoms with Crippen LogP contribution < -0.4 is 10.1 Å². The van der Waals surface area contributed by atoms with E-state index in [9.17, 15) is 4.79 Å². The van der Waals surface area contributed by atoms with E-state index >= 15 is 0 Å². The second-order valence-electron chi connectivity index (χ2n) is 7.33. The number of aryl methyl sites for hydroxylation is 2. The van der Waals surface area contributed by atoms with Crippen LogP contribution in [0.3, 0.4) is 0 Å². The van der Waals surface area contributed by atoms with Crippen LogP contribution in [0.2, 0.25) is 0 Å². The molecule has 0 unspecified atom stereocenters. The fourth-order valence-corrected chi connectivity index (χ4v) is 4.56. The Balaban J connectivity index is 1.57. The van der Waals surface area contributed by atoms with Gasteiger partial charge in [0.1, 0.15) is 11.4 Å². The molecule has 0 saturated heterocycles. The average Bonchev–Trinajstić information content (AvgIpc) is 3.42. The zero-order valence-corrected chi connectivity index (χ0v) is 18.2. The van der Waals surface area contributed by atoms with Crippen molar-refractivity contribution in [1.29, 1.82) is 0 Å². The predicted molar refractivity (Wildman–Crippen MR) is 125 cm³/mol. The second kappa shape index (κ2) is 7.52. The number of carbonyl (C=O) groups is 1. The number of aromatic nitrogens is 3. The Morgan fingerprint density at radius 3 is 2.61 bits per heavy atom. The quantitative estimate of drug-likeness (QED) is 0.415. The first-order valence-corrected chi connectivity index (χ1v) is 10.7. The summed E-state index contributed by atoms with van der Waals surface area (Å²) >= 11 is 1.39. The third kappa shape index (κ3) is 3.23. The molecule has 0 saturated carbocycles. The van der Waals surface area contributed by atoms with E-state index in [4.69, 9.17) is 4.74 Å². The van der Waals surface area contributed by atoms with Crippen molar-refractivity contribution in [3.63, 3.8) is 0 Å². The Labute approximate surface area is 183 Å². The molecule has 0 spiro atoms. The van der Waals surface area contributed by atoms with Crippen molar-refractivity contribution in [2.45, 2.75) is 6.92 Å². The minimum Gasteiger partial charge on any atom is -0.496 e. The maximum Gasteiger partial charge on any atom is 0.275 e. The first kappa shape index (κ1) is 19.3. The normalized spacial score (nSPS) is 11.2. The third-order valence-electron chi connectivity index (χ3n) is 5.53. The predicted octanol–water partition coefficient (Wildman–Crippen LogP) is 5.42. The van der Waals surface area contributed by atoms with Crippen molar-refractivity contribution in [3.8, 4) is 16.9 Å². The summed E-state index contributed by atoms with van der Waals surface area (Å²) in [5.41, 5.74) is 8.00. The van der Waals surface area contributed by atoms with Crippen molar-refractivity contribution in [2.75, 3.05) is 12.4 Å². The summed E-state index contributed by atoms with van der Waals surface area (Å²) in [5.74, 6) is 0.580. The second-order valence-corrected chi connectivity index (χ2v) is 8.05. The molecule has 31 heavy (non-hydrogen) atoms. The van der Waals surface area contributed by atoms with Crippen LogP contribution in [0.4, 0.5) is 5.69 Å². The van der Waals surface area contributed by atoms with E-state index in [1.165, 1.54) is 16.7 Å². The highest BCUT2D eigenvalue weighted by Crippen LogP contribution is 2.38. The maximum atomic E-state index is 12.2. The van der Waals surface area contributed by atoms with Gasteiger partial charge in [0.05, 0.1) is 29.3 Å². The van der Waals surface area contributed by atoms with Gasteiger partial charge in [0.15, 0.2) is 0 Å². The summed E-state index contributed by atoms with van der Waals surface area (Å²) in [5, 5.41) is 6.93. The van der Waals surface area contributed by atoms with Crippen LogP contribution in [-0.2, 0) is 7.05 Å². The Hall–Kier alpha value is -3.71. The standard InChI is InChI=1S/C24H20N4O2S/c1-14-23-17(8-9-25-14)19-10-18(22(30-3)11-21(19)28(23)2)15-4-6-16(7-5-15)27-24(29)20-12-31-13-26-20/h4-13H,1-3H3,(H,27,29). The largest absolute Gasteiger partial charge is 0.496 e. The SMILES string of the molecule is COc1cc2c(cc1-c1ccc(NC(=O)c3cscn3)cc1)c1ccnc(C)c1n2C. The van der Waals surface area contributed by atoms with E-state index in [0.29, 0.717) is 11.4 Å². The minimum atomic E-state index is -0.215. The molecule has 0 aliphatic carbocycles. The Kier molecular flexibility index (Phi) is 4.67. The molecule has 7 heteroatoms. The van der Waals surface area contributed by atoms with Crippen LogP contribution in [0.1, 0.15) is 16.2 Å². The molecule has 0 bridgehead atoms. The number of ether oxygens (including phenoxy) is 1. The lowest BCUT2D eigenvalue weighted by molar-refractivity contribution is 0.102. The summed E-state index contributed by atoms with van der Waals surface area (Å²) in [4.78, 5) is 20.7. The number of fused-ring (bicyclic) bond motifs is 3. The number of methoxy groups -OCH3 is 1. The number of pyridine rings is 1. The molecular formula is C24H20N4O2S. The van der Waals surface area contributed by atoms with Crippen molar-refractivity contribution in [2.24, 2.45) is 7.05 Å². The summed E-state index contributed by atoms with van der Waals surface area (Å²) in [6.07, 6.45) is 1.85. The first-order valence-electron chi connectivity index (χ1n) is 9.78. The lowest BCUT2D eigenvalue weighted by atomic mass is 10.0. The molecule has 0 aliphatic rings. The monoisotopic (exact) mass is 428 g/mol. The number of hydrogen-bond acceptors (Lipinski definition) is 5. The molecule has 154 valence electrons. The van der Waals surface area contributed by atoms with Gasteiger partial charge in [0.2, 0.25) is 0 Å². The van der Waals surface area contributed by atoms with Crippen molar-refractivity contribution in [1.82, 2.24) is 14.5 Å². The Morgan fingerprint density at radius 1 is 1.10 bits per heavy atom. The van der Waals surface area contributed by atoms with E-state index in [2.05, 4.69) is 45.1 Å². The number of benzene rings is 2. The van der Waals surface area contributed by atoms with Crippen LogP contribution >= 0.6 is 11.3 Å². The topological polar surface area (TPSA) is 69.0 Å². The van der Waals surface area contributed by atoms with E-state index in [-0.39, 0.29) is 5.91 Å². The zero-order chi connectivity index (χ0) is 21.5. The molecule has 5 rings (SSSR count). The average molecular weight is 429 g/mol. The highest BCUT2D eigenvalue weighted by atomic mass is 32.1. The molecule has 0 fully saturated rings. The minimum absolute atomic E-state index is 0.215. The summed E-state index contributed by atoms with van der Waals surface area (Å²) in [7, 11) is 3.74. The Morgan fingerprint density at radius 2 is 1.90 bits per heavy atom. The third-order valence-corrected chi connectivity index (χ3v) is 6.12. The van der Waals surface area contributed by atoms with Gasteiger partial charge in [-0.1, -0.05) is 12.1 Å². The van der Waals surface area contributed by atoms with Crippen LogP contribution in [0.15, 0.2) is 59.6 Å². The lowest BCUT2D eigenvalue weighted by Crippen LogP contribution is -2.11. The highest BCUT2D eigenvalue weighted by molar-refractivity contribution is 7.07. The fraction of sp³-hybridized carbons (Fsp3) is 0.125. The zero-order valence-electron chi connectivity index (χ0n) is 17.3. The number of thiazole rings is 1. The van der Waals surface area contributed by atoms with Gasteiger partial charge in [0.25, 0.3) is 5.91 Å². The van der Waals surface area contributed by atoms with Gasteiger partial charge in [-0.25, -0.2) is 4.98 Å². The number of amides is 1. The van der Waals surface area contributed by atoms with Gasteiger partial charge in [-0.05, 0) is 36.8 Å². The number of rotatable bonds is 4. The molecular weight excluding hydrogens is 408 g/mol. The van der Waals surface area contributed by atoms with Gasteiger partial charge < -0.3 is 14.6 Å². The molecule has 0 radical (unpaired) electrons. The van der Waals surface area contributed by atoms with E-state index < -0.39 is 0 Å². The fourth-order valence-electron chi connectivity index (χ4n) is 4.03. The number of anilines is 1. The molecule has 5 aromatic rings. The van der Waals surface area contributed by atoms with E-state index in [1.54, 1.807) is 18.0 Å². The number of nitrogens with zero attached hydrogens (tertiary/aromatic N) is 3. The Bertz CT molecular complexity index is 1420. The molecule has 2 aromatic carbocycles. The first-order chi connectivity index (χ1) is 15.1. The van der Waals surface area contributed by atoms with Crippen molar-refractivity contribution in [3.05, 3.63) is 70.9 Å². The van der Waals surface area contributed by atoms with Crippen molar-refractivity contribution >= 4 is 44.7 Å². The highest BCUT2D eigenvalue weighted by Gasteiger charge is 2.16. The number of hydrogen-bond donors (Lipinski definition) is 1. The van der Waals surface area contributed by atoms with Gasteiger partial charge in [0, 0.05) is 46.7 Å². The van der Waals surface area contributed by atoms with Crippen LogP contribution in [0.25, 0.3) is 32.9 Å². The summed E-state index contributed by atoms with van der Waals surface area (Å²) in [6, 6.07) is 14.0. The molecule has 3 aromatic heterocycles. The number of carbonyl (C=O) groups excluding carboxylic acids is 1. The van der Waals surface area contributed by atoms with Crippen LogP contribution in [0, 0.1) is 6.92 Å². The number of nitrogens with one attached hydrogen (secondary N) is 1.